The molecule has 0 fully saturated rings. The molecule has 0 bridgehead atoms. The Kier molecular flexibility index (Phi) is 6.08. The summed E-state index contributed by atoms with van der Waals surface area (Å²) in [6, 6.07) is 16.9. The molecule has 1 N–H and O–H groups in total. The van der Waals surface area contributed by atoms with Gasteiger partial charge in [0, 0.05) is 10.4 Å². The lowest BCUT2D eigenvalue weighted by Crippen LogP contribution is -2.14. The summed E-state index contributed by atoms with van der Waals surface area (Å²) < 4.78 is 16.1. The molecule has 0 aliphatic heterocycles. The fourth-order valence-electron chi connectivity index (χ4n) is 3.36. The van der Waals surface area contributed by atoms with Gasteiger partial charge in [-0.25, -0.2) is 4.79 Å². The zero-order valence-corrected chi connectivity index (χ0v) is 18.6. The number of hydrogen-bond acceptors (Lipinski definition) is 5. The molecule has 8 heteroatoms. The van der Waals surface area contributed by atoms with Crippen molar-refractivity contribution in [2.45, 2.75) is 0 Å². The van der Waals surface area contributed by atoms with Crippen molar-refractivity contribution in [2.24, 2.45) is 0 Å². The highest BCUT2D eigenvalue weighted by Gasteiger charge is 2.19. The number of carbonyl (C=O) groups excluding carboxylic acids is 1. The average molecular weight is 470 g/mol. The first kappa shape index (κ1) is 21.7. The fourth-order valence-corrected chi connectivity index (χ4v) is 3.93. The second-order valence-electron chi connectivity index (χ2n) is 6.82. The smallest absolute Gasteiger partial charge is 0.344 e. The summed E-state index contributed by atoms with van der Waals surface area (Å²) >= 11 is 12.2. The molecule has 0 saturated heterocycles. The van der Waals surface area contributed by atoms with E-state index in [1.807, 2.05) is 12.1 Å². The number of rotatable bonds is 5. The maximum absolute atomic E-state index is 13.0. The van der Waals surface area contributed by atoms with Gasteiger partial charge < -0.3 is 19.2 Å². The van der Waals surface area contributed by atoms with E-state index >= 15 is 0 Å². The molecule has 4 aromatic rings. The Hall–Kier alpha value is -3.48. The lowest BCUT2D eigenvalue weighted by atomic mass is 10.0. The van der Waals surface area contributed by atoms with Crippen molar-refractivity contribution in [1.82, 2.24) is 0 Å². The predicted octanol–water partition coefficient (Wildman–Crippen LogP) is 6.04. The second-order valence-corrected chi connectivity index (χ2v) is 7.67. The minimum atomic E-state index is -0.507. The number of fused-ring (bicyclic) bond motifs is 1. The number of carbonyl (C=O) groups is 1. The normalized spacial score (nSPS) is 10.8. The van der Waals surface area contributed by atoms with E-state index in [9.17, 15) is 9.59 Å². The molecule has 3 aromatic carbocycles. The Morgan fingerprint density at radius 2 is 1.75 bits per heavy atom. The number of ether oxygens (including phenoxy) is 2. The first-order valence-corrected chi connectivity index (χ1v) is 10.2. The molecule has 6 nitrogen and oxygen atoms in total. The maximum atomic E-state index is 13.0. The number of halogens is 2. The van der Waals surface area contributed by atoms with Crippen LogP contribution in [-0.4, -0.2) is 20.1 Å². The summed E-state index contributed by atoms with van der Waals surface area (Å²) in [7, 11) is 2.89. The second kappa shape index (κ2) is 8.94. The minimum Gasteiger partial charge on any atom is -0.495 e. The largest absolute Gasteiger partial charge is 0.495 e. The zero-order chi connectivity index (χ0) is 22.8. The highest BCUT2D eigenvalue weighted by atomic mass is 35.5. The third kappa shape index (κ3) is 4.15. The van der Waals surface area contributed by atoms with Crippen molar-refractivity contribution in [2.75, 3.05) is 19.5 Å². The molecule has 0 aliphatic rings. The van der Waals surface area contributed by atoms with E-state index in [2.05, 4.69) is 5.32 Å². The molecule has 162 valence electrons. The van der Waals surface area contributed by atoms with Gasteiger partial charge in [-0.15, -0.1) is 0 Å². The van der Waals surface area contributed by atoms with Crippen molar-refractivity contribution in [3.63, 3.8) is 0 Å². The van der Waals surface area contributed by atoms with Gasteiger partial charge in [0.05, 0.1) is 36.1 Å². The molecule has 0 atom stereocenters. The molecule has 4 rings (SSSR count). The van der Waals surface area contributed by atoms with Crippen LogP contribution in [0.25, 0.3) is 22.1 Å². The van der Waals surface area contributed by atoms with Gasteiger partial charge in [-0.3, -0.25) is 4.79 Å². The molecule has 1 amide bonds. The van der Waals surface area contributed by atoms with Crippen LogP contribution < -0.4 is 20.4 Å². The third-order valence-corrected chi connectivity index (χ3v) is 5.36. The quantitative estimate of drug-likeness (QED) is 0.360. The molecule has 0 radical (unpaired) electrons. The lowest BCUT2D eigenvalue weighted by molar-refractivity contribution is 0.102. The Balaban J connectivity index is 1.77. The van der Waals surface area contributed by atoms with E-state index in [4.69, 9.17) is 37.1 Å². The van der Waals surface area contributed by atoms with Crippen LogP contribution in [0.4, 0.5) is 5.69 Å². The number of para-hydroxylation sites is 1. The number of nitrogens with one attached hydrogen (secondary N) is 1. The van der Waals surface area contributed by atoms with Gasteiger partial charge in [0.25, 0.3) is 5.91 Å². The van der Waals surface area contributed by atoms with Crippen LogP contribution in [0.3, 0.4) is 0 Å². The Morgan fingerprint density at radius 3 is 2.50 bits per heavy atom. The van der Waals surface area contributed by atoms with E-state index < -0.39 is 11.5 Å². The van der Waals surface area contributed by atoms with Crippen LogP contribution in [0, 0.1) is 0 Å². The van der Waals surface area contributed by atoms with E-state index in [-0.39, 0.29) is 21.4 Å². The van der Waals surface area contributed by atoms with E-state index in [1.54, 1.807) is 36.4 Å². The van der Waals surface area contributed by atoms with Crippen molar-refractivity contribution in [3.05, 3.63) is 86.7 Å². The van der Waals surface area contributed by atoms with Gasteiger partial charge in [-0.1, -0.05) is 47.5 Å². The first-order valence-electron chi connectivity index (χ1n) is 9.47. The standard InChI is InChI=1S/C24H17Cl2NO5/c1-30-21-8-7-13(16-9-14-5-3-4-6-20(14)32-24(16)29)10-19(21)27-23(28)17-11-15(25)12-18(26)22(17)31-2/h3-12H,1-2H3,(H,27,28). The van der Waals surface area contributed by atoms with Crippen LogP contribution in [0.1, 0.15) is 10.4 Å². The molecular weight excluding hydrogens is 453 g/mol. The highest BCUT2D eigenvalue weighted by Crippen LogP contribution is 2.35. The number of benzene rings is 3. The Labute approximate surface area is 193 Å². The van der Waals surface area contributed by atoms with Crippen LogP contribution in [0.5, 0.6) is 11.5 Å². The summed E-state index contributed by atoms with van der Waals surface area (Å²) in [5, 5.41) is 4.05. The van der Waals surface area contributed by atoms with E-state index in [0.717, 1.165) is 5.39 Å². The minimum absolute atomic E-state index is 0.155. The molecule has 1 aromatic heterocycles. The van der Waals surface area contributed by atoms with Gasteiger partial charge in [0.2, 0.25) is 0 Å². The van der Waals surface area contributed by atoms with Crippen molar-refractivity contribution in [3.8, 4) is 22.6 Å². The summed E-state index contributed by atoms with van der Waals surface area (Å²) in [4.78, 5) is 25.6. The third-order valence-electron chi connectivity index (χ3n) is 4.86. The van der Waals surface area contributed by atoms with Gasteiger partial charge in [-0.05, 0) is 42.0 Å². The molecule has 0 saturated carbocycles. The highest BCUT2D eigenvalue weighted by molar-refractivity contribution is 6.36. The number of amides is 1. The zero-order valence-electron chi connectivity index (χ0n) is 17.1. The van der Waals surface area contributed by atoms with E-state index in [1.165, 1.54) is 26.4 Å². The first-order chi connectivity index (χ1) is 15.4. The summed E-state index contributed by atoms with van der Waals surface area (Å²) in [5.74, 6) is 0.0884. The molecule has 0 unspecified atom stereocenters. The van der Waals surface area contributed by atoms with Crippen LogP contribution >= 0.6 is 23.2 Å². The van der Waals surface area contributed by atoms with Gasteiger partial charge in [0.1, 0.15) is 17.1 Å². The van der Waals surface area contributed by atoms with Gasteiger partial charge >= 0.3 is 5.63 Å². The van der Waals surface area contributed by atoms with Crippen molar-refractivity contribution in [1.29, 1.82) is 0 Å². The van der Waals surface area contributed by atoms with Gasteiger partial charge in [-0.2, -0.15) is 0 Å². The maximum Gasteiger partial charge on any atom is 0.344 e. The molecule has 0 spiro atoms. The van der Waals surface area contributed by atoms with Crippen molar-refractivity contribution >= 4 is 45.8 Å². The summed E-state index contributed by atoms with van der Waals surface area (Å²) in [5.41, 5.74) is 1.41. The monoisotopic (exact) mass is 469 g/mol. The van der Waals surface area contributed by atoms with Crippen molar-refractivity contribution < 1.29 is 18.7 Å². The van der Waals surface area contributed by atoms with Crippen LogP contribution in [0.2, 0.25) is 10.0 Å². The Morgan fingerprint density at radius 1 is 0.969 bits per heavy atom. The molecular formula is C24H17Cl2NO5. The fraction of sp³-hybridized carbons (Fsp3) is 0.0833. The molecule has 32 heavy (non-hydrogen) atoms. The average Bonchev–Trinajstić information content (AvgIpc) is 2.78. The SMILES string of the molecule is COc1ccc(-c2cc3ccccc3oc2=O)cc1NC(=O)c1cc(Cl)cc(Cl)c1OC. The van der Waals surface area contributed by atoms with E-state index in [0.29, 0.717) is 28.1 Å². The topological polar surface area (TPSA) is 77.8 Å². The molecule has 0 aliphatic carbocycles. The Bertz CT molecular complexity index is 1400. The number of anilines is 1. The number of methoxy groups -OCH3 is 2. The predicted molar refractivity (Wildman–Crippen MR) is 125 cm³/mol. The van der Waals surface area contributed by atoms with Crippen LogP contribution in [0.15, 0.2) is 69.9 Å². The molecule has 1 heterocycles. The lowest BCUT2D eigenvalue weighted by Gasteiger charge is -2.14. The summed E-state index contributed by atoms with van der Waals surface area (Å²) in [6.45, 7) is 0. The van der Waals surface area contributed by atoms with Gasteiger partial charge in [0.15, 0.2) is 0 Å². The summed E-state index contributed by atoms with van der Waals surface area (Å²) in [6.07, 6.45) is 0. The number of hydrogen-bond donors (Lipinski definition) is 1. The van der Waals surface area contributed by atoms with Crippen LogP contribution in [-0.2, 0) is 0 Å².